The lowest BCUT2D eigenvalue weighted by atomic mass is 10.1. The molecule has 1 aliphatic heterocycles. The van der Waals surface area contributed by atoms with Gasteiger partial charge < -0.3 is 19.4 Å². The Bertz CT molecular complexity index is 976. The van der Waals surface area contributed by atoms with Crippen molar-refractivity contribution >= 4 is 36.4 Å². The molecule has 4 rings (SSSR count). The first kappa shape index (κ1) is 23.0. The SMILES string of the molecule is Cc1cccn2cc(COc3ccccc3C(=O)N3CCNC(C)C3)nc12.Cl.Cl. The third-order valence-corrected chi connectivity index (χ3v) is 4.88. The highest BCUT2D eigenvalue weighted by Crippen LogP contribution is 2.22. The highest BCUT2D eigenvalue weighted by atomic mass is 35.5. The lowest BCUT2D eigenvalue weighted by Gasteiger charge is -2.32. The van der Waals surface area contributed by atoms with Crippen LogP contribution in [0.25, 0.3) is 5.65 Å². The molecular formula is C21H26Cl2N4O2. The summed E-state index contributed by atoms with van der Waals surface area (Å²) in [6.07, 6.45) is 3.94. The van der Waals surface area contributed by atoms with Gasteiger partial charge in [-0.25, -0.2) is 4.98 Å². The number of hydrogen-bond donors (Lipinski definition) is 1. The fourth-order valence-corrected chi connectivity index (χ4v) is 3.48. The first-order valence-electron chi connectivity index (χ1n) is 9.29. The molecule has 0 saturated carbocycles. The molecule has 3 aromatic rings. The maximum Gasteiger partial charge on any atom is 0.257 e. The fourth-order valence-electron chi connectivity index (χ4n) is 3.48. The van der Waals surface area contributed by atoms with Crippen molar-refractivity contribution in [2.24, 2.45) is 0 Å². The van der Waals surface area contributed by atoms with Gasteiger partial charge in [0, 0.05) is 38.1 Å². The molecule has 3 heterocycles. The Hall–Kier alpha value is -2.28. The third-order valence-electron chi connectivity index (χ3n) is 4.88. The molecule has 1 aromatic carbocycles. The van der Waals surface area contributed by atoms with Gasteiger partial charge in [0.2, 0.25) is 0 Å². The largest absolute Gasteiger partial charge is 0.486 e. The summed E-state index contributed by atoms with van der Waals surface area (Å²) < 4.78 is 7.99. The average molecular weight is 437 g/mol. The Kier molecular flexibility index (Phi) is 7.90. The van der Waals surface area contributed by atoms with E-state index in [0.29, 0.717) is 37.1 Å². The van der Waals surface area contributed by atoms with Crippen LogP contribution in [0.2, 0.25) is 0 Å². The van der Waals surface area contributed by atoms with Gasteiger partial charge in [-0.1, -0.05) is 18.2 Å². The van der Waals surface area contributed by atoms with Crippen molar-refractivity contribution in [1.82, 2.24) is 19.6 Å². The molecule has 0 spiro atoms. The van der Waals surface area contributed by atoms with Gasteiger partial charge in [0.1, 0.15) is 18.0 Å². The smallest absolute Gasteiger partial charge is 0.257 e. The predicted molar refractivity (Wildman–Crippen MR) is 119 cm³/mol. The molecule has 1 N–H and O–H groups in total. The zero-order chi connectivity index (χ0) is 18.8. The first-order chi connectivity index (χ1) is 13.1. The number of fused-ring (bicyclic) bond motifs is 1. The number of halogens is 2. The van der Waals surface area contributed by atoms with Crippen molar-refractivity contribution in [1.29, 1.82) is 0 Å². The van der Waals surface area contributed by atoms with Crippen LogP contribution in [0.15, 0.2) is 48.8 Å². The van der Waals surface area contributed by atoms with Crippen molar-refractivity contribution in [3.8, 4) is 5.75 Å². The van der Waals surface area contributed by atoms with Crippen LogP contribution in [-0.2, 0) is 6.61 Å². The molecule has 8 heteroatoms. The molecule has 0 radical (unpaired) electrons. The van der Waals surface area contributed by atoms with Crippen LogP contribution < -0.4 is 10.1 Å². The van der Waals surface area contributed by atoms with E-state index in [-0.39, 0.29) is 30.7 Å². The Balaban J connectivity index is 0.00000150. The lowest BCUT2D eigenvalue weighted by molar-refractivity contribution is 0.0704. The summed E-state index contributed by atoms with van der Waals surface area (Å²) in [6.45, 7) is 6.69. The van der Waals surface area contributed by atoms with Gasteiger partial charge in [-0.3, -0.25) is 4.79 Å². The second kappa shape index (κ2) is 9.96. The molecule has 2 aromatic heterocycles. The Morgan fingerprint density at radius 3 is 2.79 bits per heavy atom. The van der Waals surface area contributed by atoms with Gasteiger partial charge in [0.05, 0.1) is 11.3 Å². The van der Waals surface area contributed by atoms with E-state index < -0.39 is 0 Å². The van der Waals surface area contributed by atoms with Crippen LogP contribution in [0.1, 0.15) is 28.5 Å². The second-order valence-corrected chi connectivity index (χ2v) is 7.05. The Morgan fingerprint density at radius 1 is 1.24 bits per heavy atom. The maximum absolute atomic E-state index is 13.0. The van der Waals surface area contributed by atoms with E-state index in [1.54, 1.807) is 0 Å². The number of nitrogens with one attached hydrogen (secondary N) is 1. The Labute approximate surface area is 183 Å². The van der Waals surface area contributed by atoms with Gasteiger partial charge in [-0.2, -0.15) is 0 Å². The highest BCUT2D eigenvalue weighted by molar-refractivity contribution is 5.97. The van der Waals surface area contributed by atoms with E-state index in [1.165, 1.54) is 0 Å². The van der Waals surface area contributed by atoms with E-state index in [9.17, 15) is 4.79 Å². The van der Waals surface area contributed by atoms with Gasteiger partial charge in [-0.05, 0) is 37.6 Å². The third kappa shape index (κ3) is 5.01. The van der Waals surface area contributed by atoms with Crippen molar-refractivity contribution in [2.45, 2.75) is 26.5 Å². The molecule has 1 saturated heterocycles. The topological polar surface area (TPSA) is 58.9 Å². The van der Waals surface area contributed by atoms with Gasteiger partial charge >= 0.3 is 0 Å². The summed E-state index contributed by atoms with van der Waals surface area (Å²) in [6, 6.07) is 11.8. The predicted octanol–water partition coefficient (Wildman–Crippen LogP) is 3.50. The minimum Gasteiger partial charge on any atom is -0.486 e. The molecule has 1 fully saturated rings. The summed E-state index contributed by atoms with van der Waals surface area (Å²) in [7, 11) is 0. The van der Waals surface area contributed by atoms with E-state index >= 15 is 0 Å². The summed E-state index contributed by atoms with van der Waals surface area (Å²) in [5.74, 6) is 0.618. The van der Waals surface area contributed by atoms with E-state index in [1.807, 2.05) is 65.0 Å². The number of amides is 1. The standard InChI is InChI=1S/C21H24N4O2.2ClH/c1-15-6-5-10-24-13-17(23-20(15)24)14-27-19-8-4-3-7-18(19)21(26)25-11-9-22-16(2)12-25;;/h3-8,10,13,16,22H,9,11-12,14H2,1-2H3;2*1H. The van der Waals surface area contributed by atoms with Crippen LogP contribution >= 0.6 is 24.8 Å². The average Bonchev–Trinajstić information content (AvgIpc) is 3.11. The molecular weight excluding hydrogens is 411 g/mol. The first-order valence-corrected chi connectivity index (χ1v) is 9.29. The molecule has 0 bridgehead atoms. The normalized spacial score (nSPS) is 16.1. The fraction of sp³-hybridized carbons (Fsp3) is 0.333. The number of aromatic nitrogens is 2. The highest BCUT2D eigenvalue weighted by Gasteiger charge is 2.24. The zero-order valence-electron chi connectivity index (χ0n) is 16.5. The number of imidazole rings is 1. The van der Waals surface area contributed by atoms with E-state index in [0.717, 1.165) is 23.4 Å². The van der Waals surface area contributed by atoms with E-state index in [2.05, 4.69) is 17.2 Å². The molecule has 0 aliphatic carbocycles. The summed E-state index contributed by atoms with van der Waals surface area (Å²) in [4.78, 5) is 19.5. The molecule has 1 amide bonds. The maximum atomic E-state index is 13.0. The second-order valence-electron chi connectivity index (χ2n) is 7.05. The number of rotatable bonds is 4. The van der Waals surface area contributed by atoms with Crippen LogP contribution in [0.5, 0.6) is 5.75 Å². The number of benzene rings is 1. The quantitative estimate of drug-likeness (QED) is 0.679. The van der Waals surface area contributed by atoms with Crippen LogP contribution in [0.4, 0.5) is 0 Å². The number of para-hydroxylation sites is 1. The summed E-state index contributed by atoms with van der Waals surface area (Å²) in [5, 5.41) is 3.36. The van der Waals surface area contributed by atoms with Crippen molar-refractivity contribution in [2.75, 3.05) is 19.6 Å². The Morgan fingerprint density at radius 2 is 2.03 bits per heavy atom. The number of ether oxygens (including phenoxy) is 1. The van der Waals surface area contributed by atoms with Crippen molar-refractivity contribution < 1.29 is 9.53 Å². The summed E-state index contributed by atoms with van der Waals surface area (Å²) >= 11 is 0. The van der Waals surface area contributed by atoms with Crippen LogP contribution in [0, 0.1) is 6.92 Å². The number of aryl methyl sites for hydroxylation is 1. The summed E-state index contributed by atoms with van der Waals surface area (Å²) in [5.41, 5.74) is 3.48. The number of nitrogens with zero attached hydrogens (tertiary/aromatic N) is 3. The minimum absolute atomic E-state index is 0. The van der Waals surface area contributed by atoms with Crippen LogP contribution in [-0.4, -0.2) is 45.9 Å². The number of carbonyl (C=O) groups is 1. The van der Waals surface area contributed by atoms with Gasteiger partial charge in [0.25, 0.3) is 5.91 Å². The number of pyridine rings is 1. The zero-order valence-corrected chi connectivity index (χ0v) is 18.1. The number of carbonyl (C=O) groups excluding carboxylic acids is 1. The molecule has 1 aliphatic rings. The molecule has 156 valence electrons. The number of hydrogen-bond acceptors (Lipinski definition) is 4. The lowest BCUT2D eigenvalue weighted by Crippen LogP contribution is -2.51. The van der Waals surface area contributed by atoms with Crippen molar-refractivity contribution in [3.63, 3.8) is 0 Å². The monoisotopic (exact) mass is 436 g/mol. The molecule has 6 nitrogen and oxygen atoms in total. The molecule has 1 atom stereocenters. The van der Waals surface area contributed by atoms with Crippen molar-refractivity contribution in [3.05, 3.63) is 65.6 Å². The molecule has 29 heavy (non-hydrogen) atoms. The van der Waals surface area contributed by atoms with Crippen LogP contribution in [0.3, 0.4) is 0 Å². The van der Waals surface area contributed by atoms with Gasteiger partial charge in [-0.15, -0.1) is 24.8 Å². The number of piperazine rings is 1. The van der Waals surface area contributed by atoms with Gasteiger partial charge in [0.15, 0.2) is 0 Å². The van der Waals surface area contributed by atoms with E-state index in [4.69, 9.17) is 4.74 Å². The minimum atomic E-state index is 0. The molecule has 1 unspecified atom stereocenters.